The lowest BCUT2D eigenvalue weighted by Crippen LogP contribution is -2.42. The summed E-state index contributed by atoms with van der Waals surface area (Å²) in [5, 5.41) is 12.4. The van der Waals surface area contributed by atoms with E-state index in [1.165, 1.54) is 28.8 Å². The van der Waals surface area contributed by atoms with Gasteiger partial charge >= 0.3 is 22.4 Å². The summed E-state index contributed by atoms with van der Waals surface area (Å²) in [4.78, 5) is 26.8. The van der Waals surface area contributed by atoms with Crippen LogP contribution in [0.5, 0.6) is 5.75 Å². The third-order valence-electron chi connectivity index (χ3n) is 6.68. The lowest BCUT2D eigenvalue weighted by atomic mass is 9.92. The van der Waals surface area contributed by atoms with Crippen molar-refractivity contribution in [3.05, 3.63) is 78.5 Å². The third-order valence-corrected chi connectivity index (χ3v) is 7.52. The Morgan fingerprint density at radius 3 is 2.42 bits per heavy atom. The highest BCUT2D eigenvalue weighted by atomic mass is 32.2. The number of fused-ring (bicyclic) bond motifs is 1. The van der Waals surface area contributed by atoms with E-state index < -0.39 is 22.4 Å². The molecule has 0 aliphatic rings. The number of nitrogens with one attached hydrogen (secondary N) is 3. The summed E-state index contributed by atoms with van der Waals surface area (Å²) in [5.41, 5.74) is 1.44. The van der Waals surface area contributed by atoms with Gasteiger partial charge in [0.1, 0.15) is 11.6 Å². The molecule has 4 amide bonds. The van der Waals surface area contributed by atoms with E-state index >= 15 is 0 Å². The van der Waals surface area contributed by atoms with Crippen LogP contribution in [0.4, 0.5) is 21.1 Å². The lowest BCUT2D eigenvalue weighted by molar-refractivity contribution is 0.213. The largest absolute Gasteiger partial charge is 0.411 e. The smallest absolute Gasteiger partial charge is 0.367 e. The van der Waals surface area contributed by atoms with E-state index in [1.807, 2.05) is 74.9 Å². The molecule has 4 aromatic rings. The summed E-state index contributed by atoms with van der Waals surface area (Å²) in [7, 11) is -2.93. The van der Waals surface area contributed by atoms with Crippen LogP contribution in [0.2, 0.25) is 0 Å². The van der Waals surface area contributed by atoms with Crippen molar-refractivity contribution in [3.63, 3.8) is 0 Å². The van der Waals surface area contributed by atoms with Gasteiger partial charge in [-0.25, -0.2) is 19.0 Å². The van der Waals surface area contributed by atoms with Gasteiger partial charge in [-0.1, -0.05) is 83.0 Å². The Labute approximate surface area is 252 Å². The fourth-order valence-electron chi connectivity index (χ4n) is 4.34. The quantitative estimate of drug-likeness (QED) is 0.178. The molecule has 0 saturated carbocycles. The van der Waals surface area contributed by atoms with Gasteiger partial charge in [0.25, 0.3) is 0 Å². The van der Waals surface area contributed by atoms with Crippen LogP contribution in [-0.2, 0) is 15.7 Å². The number of hydrogen-bond donors (Lipinski definition) is 3. The zero-order chi connectivity index (χ0) is 31.2. The number of aromatic nitrogens is 2. The van der Waals surface area contributed by atoms with E-state index in [0.717, 1.165) is 30.0 Å². The van der Waals surface area contributed by atoms with Crippen molar-refractivity contribution in [1.82, 2.24) is 19.4 Å². The van der Waals surface area contributed by atoms with Crippen LogP contribution >= 0.6 is 0 Å². The van der Waals surface area contributed by atoms with E-state index in [2.05, 4.69) is 10.6 Å². The number of unbranched alkanes of at least 4 members (excludes halogenated alkanes) is 2. The number of carbonyl (C=O) groups excluding carboxylic acids is 2. The number of hydrogen-bond acceptors (Lipinski definition) is 6. The normalized spacial score (nSPS) is 11.7. The van der Waals surface area contributed by atoms with Crippen LogP contribution in [0.1, 0.15) is 52.7 Å². The molecule has 0 unspecified atom stereocenters. The molecule has 3 N–H and O–H groups in total. The molecule has 4 rings (SSSR count). The summed E-state index contributed by atoms with van der Waals surface area (Å²) in [6.07, 6.45) is 2.67. The molecule has 0 fully saturated rings. The first-order valence-corrected chi connectivity index (χ1v) is 15.5. The standard InChI is InChI=1S/C31H38N6O5S/c1-6-7-10-19-36(5)30(39)35-43(40,41)42-24-16-12-15-23(20-24)37-28(21-27(34-37)31(2,3)4)33-29(38)32-26-18-11-14-22-13-8-9-17-25(22)26/h8-9,11-18,20-21H,6-7,10,19H2,1-5H3,(H,35,39)(H2,32,33,38). The fraction of sp³-hybridized carbons (Fsp3) is 0.323. The van der Waals surface area contributed by atoms with Gasteiger partial charge in [0.15, 0.2) is 0 Å². The Kier molecular flexibility index (Phi) is 9.59. The summed E-state index contributed by atoms with van der Waals surface area (Å²) in [6, 6.07) is 20.1. The van der Waals surface area contributed by atoms with Crippen molar-refractivity contribution >= 4 is 44.6 Å². The second-order valence-electron chi connectivity index (χ2n) is 11.3. The van der Waals surface area contributed by atoms with Crippen LogP contribution < -0.4 is 19.5 Å². The Morgan fingerprint density at radius 1 is 0.953 bits per heavy atom. The molecule has 0 saturated heterocycles. The maximum atomic E-state index is 13.2. The van der Waals surface area contributed by atoms with Crippen LogP contribution in [-0.4, -0.2) is 48.8 Å². The minimum absolute atomic E-state index is 0.0367. The van der Waals surface area contributed by atoms with E-state index in [1.54, 1.807) is 18.2 Å². The Bertz CT molecular complexity index is 1710. The van der Waals surface area contributed by atoms with Crippen molar-refractivity contribution < 1.29 is 22.2 Å². The number of urea groups is 2. The van der Waals surface area contributed by atoms with Gasteiger partial charge in [0.2, 0.25) is 0 Å². The zero-order valence-electron chi connectivity index (χ0n) is 25.0. The summed E-state index contributed by atoms with van der Waals surface area (Å²) >= 11 is 0. The minimum atomic E-state index is -4.46. The van der Waals surface area contributed by atoms with Crippen LogP contribution in [0.25, 0.3) is 16.5 Å². The minimum Gasteiger partial charge on any atom is -0.367 e. The Balaban J connectivity index is 1.55. The molecular formula is C31H38N6O5S. The van der Waals surface area contributed by atoms with Crippen molar-refractivity contribution in [1.29, 1.82) is 0 Å². The predicted molar refractivity (Wildman–Crippen MR) is 169 cm³/mol. The van der Waals surface area contributed by atoms with Gasteiger partial charge in [-0.15, -0.1) is 0 Å². The van der Waals surface area contributed by atoms with Gasteiger partial charge in [-0.2, -0.15) is 13.5 Å². The molecule has 228 valence electrons. The molecule has 11 nitrogen and oxygen atoms in total. The first-order valence-electron chi connectivity index (χ1n) is 14.1. The monoisotopic (exact) mass is 606 g/mol. The molecule has 12 heteroatoms. The van der Waals surface area contributed by atoms with Crippen molar-refractivity contribution in [3.8, 4) is 11.4 Å². The second kappa shape index (κ2) is 13.2. The second-order valence-corrected chi connectivity index (χ2v) is 12.5. The first-order chi connectivity index (χ1) is 20.4. The van der Waals surface area contributed by atoms with Crippen LogP contribution in [0.3, 0.4) is 0 Å². The highest BCUT2D eigenvalue weighted by Gasteiger charge is 2.23. The number of amides is 4. The molecule has 3 aromatic carbocycles. The topological polar surface area (TPSA) is 135 Å². The predicted octanol–water partition coefficient (Wildman–Crippen LogP) is 6.42. The highest BCUT2D eigenvalue weighted by Crippen LogP contribution is 2.29. The first kappa shape index (κ1) is 31.4. The van der Waals surface area contributed by atoms with Gasteiger partial charge in [0.05, 0.1) is 17.1 Å². The summed E-state index contributed by atoms with van der Waals surface area (Å²) in [5.74, 6) is 0.329. The van der Waals surface area contributed by atoms with E-state index in [-0.39, 0.29) is 11.2 Å². The Hall–Kier alpha value is -4.58. The maximum Gasteiger partial charge on any atom is 0.411 e. The zero-order valence-corrected chi connectivity index (χ0v) is 25.9. The number of nitrogens with zero attached hydrogens (tertiary/aromatic N) is 3. The average Bonchev–Trinajstić information content (AvgIpc) is 3.37. The van der Waals surface area contributed by atoms with E-state index in [9.17, 15) is 18.0 Å². The van der Waals surface area contributed by atoms with Crippen LogP contribution in [0, 0.1) is 0 Å². The molecule has 0 aliphatic heterocycles. The molecule has 1 heterocycles. The Morgan fingerprint density at radius 2 is 1.67 bits per heavy atom. The molecule has 0 atom stereocenters. The van der Waals surface area contributed by atoms with Gasteiger partial charge in [-0.05, 0) is 30.0 Å². The molecule has 0 bridgehead atoms. The average molecular weight is 607 g/mol. The SMILES string of the molecule is CCCCCN(C)C(=O)NS(=O)(=O)Oc1cccc(-n2nc(C(C)(C)C)cc2NC(=O)Nc2cccc3ccccc23)c1. The fourth-order valence-corrected chi connectivity index (χ4v) is 5.11. The van der Waals surface area contributed by atoms with Gasteiger partial charge < -0.3 is 14.4 Å². The van der Waals surface area contributed by atoms with Crippen LogP contribution in [0.15, 0.2) is 72.8 Å². The molecule has 0 spiro atoms. The third kappa shape index (κ3) is 8.25. The molecule has 0 aliphatic carbocycles. The van der Waals surface area contributed by atoms with E-state index in [0.29, 0.717) is 29.4 Å². The highest BCUT2D eigenvalue weighted by molar-refractivity contribution is 7.85. The summed E-state index contributed by atoms with van der Waals surface area (Å²) in [6.45, 7) is 8.44. The van der Waals surface area contributed by atoms with Gasteiger partial charge in [-0.3, -0.25) is 5.32 Å². The maximum absolute atomic E-state index is 13.2. The van der Waals surface area contributed by atoms with Crippen molar-refractivity contribution in [2.75, 3.05) is 24.2 Å². The number of anilines is 2. The summed E-state index contributed by atoms with van der Waals surface area (Å²) < 4.78 is 33.9. The van der Waals surface area contributed by atoms with E-state index in [4.69, 9.17) is 9.28 Å². The number of rotatable bonds is 10. The molecule has 43 heavy (non-hydrogen) atoms. The van der Waals surface area contributed by atoms with Crippen molar-refractivity contribution in [2.45, 2.75) is 52.4 Å². The molecule has 1 aromatic heterocycles. The number of carbonyl (C=O) groups is 2. The molecular weight excluding hydrogens is 568 g/mol. The van der Waals surface area contributed by atoms with Gasteiger partial charge in [0, 0.05) is 36.5 Å². The number of benzene rings is 3. The lowest BCUT2D eigenvalue weighted by Gasteiger charge is -2.17. The van der Waals surface area contributed by atoms with Crippen molar-refractivity contribution in [2.24, 2.45) is 0 Å². The molecule has 0 radical (unpaired) electrons.